The van der Waals surface area contributed by atoms with Gasteiger partial charge < -0.3 is 9.80 Å². The minimum Gasteiger partial charge on any atom is -0.372 e. The van der Waals surface area contributed by atoms with Gasteiger partial charge >= 0.3 is 0 Å². The summed E-state index contributed by atoms with van der Waals surface area (Å²) in [6.45, 7) is 17.8. The van der Waals surface area contributed by atoms with E-state index in [0.717, 1.165) is 46.3 Å². The number of hydrogen-bond acceptors (Lipinski definition) is 5. The molecule has 1 aromatic carbocycles. The predicted molar refractivity (Wildman–Crippen MR) is 130 cm³/mol. The molecule has 2 rings (SSSR count). The highest BCUT2D eigenvalue weighted by Gasteiger charge is 2.33. The van der Waals surface area contributed by atoms with E-state index in [1.165, 1.54) is 11.3 Å². The van der Waals surface area contributed by atoms with E-state index in [4.69, 9.17) is 17.2 Å². The normalized spacial score (nSPS) is 17.8. The molecule has 0 atom stereocenters. The van der Waals surface area contributed by atoms with E-state index in [-0.39, 0.29) is 5.41 Å². The monoisotopic (exact) mass is 421 g/mol. The number of benzene rings is 1. The summed E-state index contributed by atoms with van der Waals surface area (Å²) in [6, 6.07) is 6.39. The van der Waals surface area contributed by atoms with Gasteiger partial charge in [0.2, 0.25) is 0 Å². The van der Waals surface area contributed by atoms with Gasteiger partial charge in [0, 0.05) is 36.8 Å². The van der Waals surface area contributed by atoms with Crippen molar-refractivity contribution in [1.29, 1.82) is 0 Å². The fourth-order valence-electron chi connectivity index (χ4n) is 3.07. The molecule has 1 aliphatic rings. The summed E-state index contributed by atoms with van der Waals surface area (Å²) < 4.78 is 0.881. The van der Waals surface area contributed by atoms with Gasteiger partial charge in [0.1, 0.15) is 4.32 Å². The lowest BCUT2D eigenvalue weighted by atomic mass is 9.96. The van der Waals surface area contributed by atoms with Gasteiger partial charge in [-0.15, -0.1) is 6.58 Å². The lowest BCUT2D eigenvalue weighted by molar-refractivity contribution is 0.348. The molecule has 1 fully saturated rings. The molecule has 0 aromatic heterocycles. The molecule has 6 heteroatoms. The van der Waals surface area contributed by atoms with E-state index in [2.05, 4.69) is 69.2 Å². The van der Waals surface area contributed by atoms with Crippen molar-refractivity contribution in [3.8, 4) is 0 Å². The third-order valence-corrected chi connectivity index (χ3v) is 7.49. The second-order valence-corrected chi connectivity index (χ2v) is 9.99. The Bertz CT molecular complexity index is 709. The second-order valence-electron chi connectivity index (χ2n) is 7.39. The molecule has 0 aliphatic carbocycles. The first kappa shape index (κ1) is 22.3. The summed E-state index contributed by atoms with van der Waals surface area (Å²) in [5.41, 5.74) is 3.73. The van der Waals surface area contributed by atoms with Gasteiger partial charge in [-0.05, 0) is 43.9 Å². The van der Waals surface area contributed by atoms with Crippen molar-refractivity contribution in [2.24, 2.45) is 10.4 Å². The Kier molecular flexibility index (Phi) is 8.25. The van der Waals surface area contributed by atoms with Gasteiger partial charge in [-0.2, -0.15) is 0 Å². The Morgan fingerprint density at radius 2 is 2.11 bits per heavy atom. The van der Waals surface area contributed by atoms with Crippen molar-refractivity contribution in [3.63, 3.8) is 0 Å². The highest BCUT2D eigenvalue weighted by atomic mass is 32.2. The van der Waals surface area contributed by atoms with Gasteiger partial charge in [0.25, 0.3) is 0 Å². The van der Waals surface area contributed by atoms with Crippen LogP contribution in [0.2, 0.25) is 0 Å². The van der Waals surface area contributed by atoms with Crippen LogP contribution >= 0.6 is 35.7 Å². The average molecular weight is 422 g/mol. The molecule has 1 saturated heterocycles. The molecule has 148 valence electrons. The van der Waals surface area contributed by atoms with E-state index < -0.39 is 0 Å². The van der Waals surface area contributed by atoms with E-state index in [0.29, 0.717) is 0 Å². The summed E-state index contributed by atoms with van der Waals surface area (Å²) in [7, 11) is 0. The molecular formula is C21H31N3S3. The first-order valence-corrected chi connectivity index (χ1v) is 11.8. The Labute approximate surface area is 178 Å². The molecule has 1 aromatic rings. The molecular weight excluding hydrogens is 390 g/mol. The third-order valence-electron chi connectivity index (χ3n) is 4.55. The molecule has 0 bridgehead atoms. The van der Waals surface area contributed by atoms with Crippen LogP contribution in [0.3, 0.4) is 0 Å². The van der Waals surface area contributed by atoms with Crippen molar-refractivity contribution in [2.75, 3.05) is 36.0 Å². The van der Waals surface area contributed by atoms with Crippen LogP contribution in [0.15, 0.2) is 35.8 Å². The van der Waals surface area contributed by atoms with Crippen molar-refractivity contribution in [2.45, 2.75) is 34.6 Å². The van der Waals surface area contributed by atoms with Crippen LogP contribution in [0.25, 0.3) is 0 Å². The number of thiocarbonyl (C=S) groups is 1. The molecule has 0 saturated carbocycles. The van der Waals surface area contributed by atoms with Crippen LogP contribution in [0.5, 0.6) is 0 Å². The molecule has 0 unspecified atom stereocenters. The molecule has 27 heavy (non-hydrogen) atoms. The lowest BCUT2D eigenvalue weighted by Crippen LogP contribution is -2.45. The summed E-state index contributed by atoms with van der Waals surface area (Å²) in [5.74, 6) is 1.87. The van der Waals surface area contributed by atoms with Crippen LogP contribution in [0, 0.1) is 12.3 Å². The van der Waals surface area contributed by atoms with Crippen molar-refractivity contribution >= 4 is 56.6 Å². The molecule has 1 aliphatic heterocycles. The molecule has 1 heterocycles. The number of anilines is 1. The fraction of sp³-hybridized carbons (Fsp3) is 0.524. The van der Waals surface area contributed by atoms with Crippen LogP contribution in [0.4, 0.5) is 11.4 Å². The Hall–Kier alpha value is -0.980. The first-order valence-electron chi connectivity index (χ1n) is 9.44. The van der Waals surface area contributed by atoms with Crippen LogP contribution in [-0.2, 0) is 0 Å². The number of amidine groups is 1. The van der Waals surface area contributed by atoms with E-state index in [1.54, 1.807) is 23.5 Å². The smallest absolute Gasteiger partial charge is 0.169 e. The fourth-order valence-corrected chi connectivity index (χ4v) is 5.19. The number of rotatable bonds is 6. The van der Waals surface area contributed by atoms with Crippen LogP contribution in [-0.4, -0.2) is 45.5 Å². The number of thioether (sulfide) groups is 2. The summed E-state index contributed by atoms with van der Waals surface area (Å²) >= 11 is 9.17. The zero-order chi connectivity index (χ0) is 20.0. The van der Waals surface area contributed by atoms with Crippen molar-refractivity contribution < 1.29 is 0 Å². The number of nitrogens with zero attached hydrogens (tertiary/aromatic N) is 3. The first-order chi connectivity index (χ1) is 12.8. The van der Waals surface area contributed by atoms with E-state index >= 15 is 0 Å². The Morgan fingerprint density at radius 3 is 2.74 bits per heavy atom. The van der Waals surface area contributed by atoms with E-state index in [9.17, 15) is 0 Å². The maximum atomic E-state index is 5.71. The predicted octanol–water partition coefficient (Wildman–Crippen LogP) is 6.11. The minimum atomic E-state index is 0.209. The zero-order valence-corrected chi connectivity index (χ0v) is 19.6. The molecule has 0 spiro atoms. The number of aliphatic imine (C=N–C) groups is 1. The number of hydrogen-bond donors (Lipinski definition) is 0. The van der Waals surface area contributed by atoms with Gasteiger partial charge in [0.15, 0.2) is 5.17 Å². The standard InChI is InChI=1S/C21H31N3S3/c1-7-13-26-20(25)24-14-21(5,6)15-27-19(24)22-17-11-10-12-18(16(17)4)23(8-2)9-3/h7,10-12H,1,8-9,13-15H2,2-6H3. The zero-order valence-electron chi connectivity index (χ0n) is 17.1. The van der Waals surface area contributed by atoms with Gasteiger partial charge in [-0.3, -0.25) is 0 Å². The highest BCUT2D eigenvalue weighted by Crippen LogP contribution is 2.36. The largest absolute Gasteiger partial charge is 0.372 e. The Balaban J connectivity index is 2.38. The second kappa shape index (κ2) is 9.99. The summed E-state index contributed by atoms with van der Waals surface area (Å²) in [4.78, 5) is 9.64. The lowest BCUT2D eigenvalue weighted by Gasteiger charge is -2.39. The average Bonchev–Trinajstić information content (AvgIpc) is 2.64. The van der Waals surface area contributed by atoms with Crippen LogP contribution < -0.4 is 4.90 Å². The molecule has 0 radical (unpaired) electrons. The molecule has 3 nitrogen and oxygen atoms in total. The summed E-state index contributed by atoms with van der Waals surface area (Å²) in [6.07, 6.45) is 1.90. The van der Waals surface area contributed by atoms with Crippen molar-refractivity contribution in [3.05, 3.63) is 36.4 Å². The van der Waals surface area contributed by atoms with E-state index in [1.807, 2.05) is 6.08 Å². The highest BCUT2D eigenvalue weighted by molar-refractivity contribution is 8.23. The maximum absolute atomic E-state index is 5.71. The van der Waals surface area contributed by atoms with Gasteiger partial charge in [-0.1, -0.05) is 61.7 Å². The van der Waals surface area contributed by atoms with Gasteiger partial charge in [0.05, 0.1) is 5.69 Å². The minimum absolute atomic E-state index is 0.209. The summed E-state index contributed by atoms with van der Waals surface area (Å²) in [5, 5.41) is 1.01. The van der Waals surface area contributed by atoms with Crippen molar-refractivity contribution in [1.82, 2.24) is 4.90 Å². The van der Waals surface area contributed by atoms with Gasteiger partial charge in [-0.25, -0.2) is 4.99 Å². The molecule has 0 N–H and O–H groups in total. The quantitative estimate of drug-likeness (QED) is 0.406. The third kappa shape index (κ3) is 5.75. The SMILES string of the molecule is C=CCSC(=S)N1CC(C)(C)CSC1=Nc1cccc(N(CC)CC)c1C. The Morgan fingerprint density at radius 1 is 1.41 bits per heavy atom. The maximum Gasteiger partial charge on any atom is 0.169 e. The van der Waals surface area contributed by atoms with Crippen LogP contribution in [0.1, 0.15) is 33.3 Å². The molecule has 0 amide bonds. The topological polar surface area (TPSA) is 18.8 Å².